The van der Waals surface area contributed by atoms with Crippen LogP contribution in [-0.4, -0.2) is 5.91 Å². The van der Waals surface area contributed by atoms with E-state index in [4.69, 9.17) is 0 Å². The van der Waals surface area contributed by atoms with Gasteiger partial charge in [0, 0.05) is 17.1 Å². The molecule has 3 nitrogen and oxygen atoms in total. The van der Waals surface area contributed by atoms with Crippen LogP contribution >= 0.6 is 11.8 Å². The molecule has 0 radical (unpaired) electrons. The molecule has 0 bridgehead atoms. The second-order valence-corrected chi connectivity index (χ2v) is 8.36. The molecule has 5 rings (SSSR count). The van der Waals surface area contributed by atoms with Gasteiger partial charge in [0.25, 0.3) is 5.91 Å². The Morgan fingerprint density at radius 1 is 0.839 bits per heavy atom. The SMILES string of the molecule is O=C1Nc2cc(CNc3cccc(-c4ccccc4)c3)ccc2Sc2c(F)cccc21. The van der Waals surface area contributed by atoms with Gasteiger partial charge >= 0.3 is 0 Å². The van der Waals surface area contributed by atoms with Crippen molar-refractivity contribution >= 4 is 29.0 Å². The van der Waals surface area contributed by atoms with Gasteiger partial charge < -0.3 is 10.6 Å². The number of hydrogen-bond donors (Lipinski definition) is 2. The molecule has 31 heavy (non-hydrogen) atoms. The van der Waals surface area contributed by atoms with E-state index < -0.39 is 0 Å². The van der Waals surface area contributed by atoms with Crippen molar-refractivity contribution in [2.45, 2.75) is 16.3 Å². The molecule has 0 unspecified atom stereocenters. The average molecular weight is 427 g/mol. The van der Waals surface area contributed by atoms with Gasteiger partial charge in [0.15, 0.2) is 0 Å². The summed E-state index contributed by atoms with van der Waals surface area (Å²) < 4.78 is 14.3. The van der Waals surface area contributed by atoms with Gasteiger partial charge in [-0.15, -0.1) is 0 Å². The fourth-order valence-electron chi connectivity index (χ4n) is 3.61. The molecule has 1 aliphatic heterocycles. The summed E-state index contributed by atoms with van der Waals surface area (Å²) in [6.07, 6.45) is 0. The largest absolute Gasteiger partial charge is 0.381 e. The Hall–Kier alpha value is -3.57. The fraction of sp³-hybridized carbons (Fsp3) is 0.0385. The van der Waals surface area contributed by atoms with E-state index >= 15 is 0 Å². The Balaban J connectivity index is 1.35. The zero-order valence-corrected chi connectivity index (χ0v) is 17.4. The summed E-state index contributed by atoms with van der Waals surface area (Å²) in [5.74, 6) is -0.670. The molecule has 0 saturated carbocycles. The summed E-state index contributed by atoms with van der Waals surface area (Å²) >= 11 is 1.28. The van der Waals surface area contributed by atoms with Gasteiger partial charge in [-0.1, -0.05) is 66.4 Å². The highest BCUT2D eigenvalue weighted by Gasteiger charge is 2.22. The third-order valence-electron chi connectivity index (χ3n) is 5.18. The van der Waals surface area contributed by atoms with Crippen LogP contribution in [0.4, 0.5) is 15.8 Å². The summed E-state index contributed by atoms with van der Waals surface area (Å²) in [4.78, 5) is 13.8. The van der Waals surface area contributed by atoms with Crippen molar-refractivity contribution in [2.75, 3.05) is 10.6 Å². The number of nitrogens with one attached hydrogen (secondary N) is 2. The van der Waals surface area contributed by atoms with Crippen LogP contribution in [0.15, 0.2) is 101 Å². The first kappa shape index (κ1) is 19.4. The van der Waals surface area contributed by atoms with E-state index in [2.05, 4.69) is 34.9 Å². The van der Waals surface area contributed by atoms with Crippen LogP contribution in [0.1, 0.15) is 15.9 Å². The third-order valence-corrected chi connectivity index (χ3v) is 6.38. The first-order valence-corrected chi connectivity index (χ1v) is 10.8. The molecule has 0 fully saturated rings. The van der Waals surface area contributed by atoms with Crippen molar-refractivity contribution in [3.8, 4) is 11.1 Å². The number of fused-ring (bicyclic) bond motifs is 2. The number of hydrogen-bond acceptors (Lipinski definition) is 3. The molecule has 152 valence electrons. The number of benzene rings is 4. The molecular weight excluding hydrogens is 407 g/mol. The molecule has 0 atom stereocenters. The number of amides is 1. The zero-order valence-electron chi connectivity index (χ0n) is 16.6. The van der Waals surface area contributed by atoms with Crippen LogP contribution in [0.2, 0.25) is 0 Å². The van der Waals surface area contributed by atoms with E-state index in [0.717, 1.165) is 21.7 Å². The standard InChI is InChI=1S/C26H19FN2OS/c27-22-11-5-10-21-25(22)31-24-13-12-17(14-23(24)29-26(21)30)16-28-20-9-4-8-19(15-20)18-6-2-1-3-7-18/h1-15,28H,16H2,(H,29,30). The smallest absolute Gasteiger partial charge is 0.256 e. The second-order valence-electron chi connectivity index (χ2n) is 7.30. The van der Waals surface area contributed by atoms with Gasteiger partial charge in [-0.3, -0.25) is 4.79 Å². The molecule has 4 aromatic rings. The van der Waals surface area contributed by atoms with Crippen molar-refractivity contribution in [2.24, 2.45) is 0 Å². The average Bonchev–Trinajstić information content (AvgIpc) is 2.95. The minimum absolute atomic E-state index is 0.290. The molecule has 0 spiro atoms. The van der Waals surface area contributed by atoms with Gasteiger partial charge in [0.05, 0.1) is 16.1 Å². The van der Waals surface area contributed by atoms with E-state index in [1.807, 2.05) is 48.5 Å². The minimum atomic E-state index is -0.380. The Bertz CT molecular complexity index is 1270. The molecule has 0 aliphatic carbocycles. The van der Waals surface area contributed by atoms with Gasteiger partial charge in [0.2, 0.25) is 0 Å². The van der Waals surface area contributed by atoms with E-state index in [0.29, 0.717) is 22.7 Å². The fourth-order valence-corrected chi connectivity index (χ4v) is 4.62. The van der Waals surface area contributed by atoms with Crippen LogP contribution in [-0.2, 0) is 6.54 Å². The molecular formula is C26H19FN2OS. The maximum atomic E-state index is 14.3. The number of anilines is 2. The second kappa shape index (κ2) is 8.28. The van der Waals surface area contributed by atoms with Crippen molar-refractivity contribution < 1.29 is 9.18 Å². The van der Waals surface area contributed by atoms with Gasteiger partial charge in [-0.25, -0.2) is 4.39 Å². The van der Waals surface area contributed by atoms with Gasteiger partial charge in [0.1, 0.15) is 5.82 Å². The Morgan fingerprint density at radius 3 is 2.52 bits per heavy atom. The lowest BCUT2D eigenvalue weighted by Crippen LogP contribution is -2.12. The first-order valence-electron chi connectivity index (χ1n) is 9.97. The molecule has 2 N–H and O–H groups in total. The van der Waals surface area contributed by atoms with Crippen molar-refractivity contribution in [3.05, 3.63) is 108 Å². The monoisotopic (exact) mass is 426 g/mol. The van der Waals surface area contributed by atoms with Crippen LogP contribution in [0.5, 0.6) is 0 Å². The number of halogens is 1. The molecule has 4 aromatic carbocycles. The Kier molecular flexibility index (Phi) is 5.18. The predicted octanol–water partition coefficient (Wildman–Crippen LogP) is 6.82. The predicted molar refractivity (Wildman–Crippen MR) is 124 cm³/mol. The number of rotatable bonds is 4. The lowest BCUT2D eigenvalue weighted by molar-refractivity contribution is 0.102. The highest BCUT2D eigenvalue weighted by molar-refractivity contribution is 7.99. The highest BCUT2D eigenvalue weighted by Crippen LogP contribution is 2.40. The van der Waals surface area contributed by atoms with E-state index in [-0.39, 0.29) is 11.7 Å². The minimum Gasteiger partial charge on any atom is -0.381 e. The van der Waals surface area contributed by atoms with Crippen LogP contribution in [0, 0.1) is 5.82 Å². The maximum Gasteiger partial charge on any atom is 0.256 e. The van der Waals surface area contributed by atoms with Gasteiger partial charge in [-0.2, -0.15) is 0 Å². The van der Waals surface area contributed by atoms with Crippen LogP contribution < -0.4 is 10.6 Å². The molecule has 5 heteroatoms. The summed E-state index contributed by atoms with van der Waals surface area (Å²) in [6, 6.07) is 29.0. The maximum absolute atomic E-state index is 14.3. The first-order chi connectivity index (χ1) is 15.2. The summed E-state index contributed by atoms with van der Waals surface area (Å²) in [5.41, 5.74) is 5.42. The van der Waals surface area contributed by atoms with E-state index in [1.165, 1.54) is 23.4 Å². The quantitative estimate of drug-likeness (QED) is 0.376. The number of carbonyl (C=O) groups is 1. The normalized spacial score (nSPS) is 12.4. The van der Waals surface area contributed by atoms with E-state index in [1.54, 1.807) is 12.1 Å². The number of carbonyl (C=O) groups excluding carboxylic acids is 1. The summed E-state index contributed by atoms with van der Waals surface area (Å²) in [7, 11) is 0. The lowest BCUT2D eigenvalue weighted by Gasteiger charge is -2.12. The zero-order chi connectivity index (χ0) is 21.2. The van der Waals surface area contributed by atoms with Crippen LogP contribution in [0.3, 0.4) is 0 Å². The molecule has 1 amide bonds. The molecule has 1 aliphatic rings. The van der Waals surface area contributed by atoms with Crippen molar-refractivity contribution in [3.63, 3.8) is 0 Å². The lowest BCUT2D eigenvalue weighted by atomic mass is 10.1. The van der Waals surface area contributed by atoms with Crippen molar-refractivity contribution in [1.29, 1.82) is 0 Å². The Labute approximate surface area is 184 Å². The van der Waals surface area contributed by atoms with Crippen LogP contribution in [0.25, 0.3) is 11.1 Å². The van der Waals surface area contributed by atoms with E-state index in [9.17, 15) is 9.18 Å². The third kappa shape index (κ3) is 4.05. The van der Waals surface area contributed by atoms with Crippen molar-refractivity contribution in [1.82, 2.24) is 0 Å². The summed E-state index contributed by atoms with van der Waals surface area (Å²) in [5, 5.41) is 6.37. The summed E-state index contributed by atoms with van der Waals surface area (Å²) in [6.45, 7) is 0.605. The molecule has 1 heterocycles. The highest BCUT2D eigenvalue weighted by atomic mass is 32.2. The topological polar surface area (TPSA) is 41.1 Å². The van der Waals surface area contributed by atoms with Gasteiger partial charge in [-0.05, 0) is 53.1 Å². The molecule has 0 aromatic heterocycles. The molecule has 0 saturated heterocycles. The Morgan fingerprint density at radius 2 is 1.65 bits per heavy atom.